The van der Waals surface area contributed by atoms with Crippen LogP contribution in [0.15, 0.2) is 24.2 Å². The van der Waals surface area contributed by atoms with Crippen LogP contribution in [-0.2, 0) is 4.79 Å². The second kappa shape index (κ2) is 3.37. The van der Waals surface area contributed by atoms with Crippen LogP contribution < -0.4 is 5.32 Å². The zero-order valence-corrected chi connectivity index (χ0v) is 8.39. The van der Waals surface area contributed by atoms with E-state index >= 15 is 0 Å². The van der Waals surface area contributed by atoms with E-state index < -0.39 is 0 Å². The van der Waals surface area contributed by atoms with E-state index in [4.69, 9.17) is 5.48 Å². The number of para-hydroxylation sites is 1. The minimum atomic E-state index is -0.279. The van der Waals surface area contributed by atoms with E-state index in [0.29, 0.717) is 11.3 Å². The lowest BCUT2D eigenvalue weighted by Crippen LogP contribution is -2.35. The number of hydrogen-bond donors (Lipinski definition) is 1. The third-order valence-corrected chi connectivity index (χ3v) is 3.44. The molecule has 78 valence electrons. The average molecular weight is 205 g/mol. The van der Waals surface area contributed by atoms with E-state index in [-0.39, 0.29) is 41.9 Å². The van der Waals surface area contributed by atoms with E-state index in [1.165, 1.54) is 0 Å². The molecule has 1 saturated carbocycles. The van der Waals surface area contributed by atoms with Gasteiger partial charge in [0.05, 0.1) is 5.48 Å². The number of nitrogens with one attached hydrogen (secondary N) is 1. The summed E-state index contributed by atoms with van der Waals surface area (Å²) in [6, 6.07) is -0.608. The number of hydrogen-bond acceptors (Lipinski definition) is 1. The number of carbonyl (C=O) groups excluding carboxylic acids is 1. The molecule has 1 amide bonds. The first-order valence-corrected chi connectivity index (χ1v) is 5.43. The quantitative estimate of drug-likeness (QED) is 0.693. The second-order valence-corrected chi connectivity index (χ2v) is 4.28. The number of anilines is 1. The molecule has 1 fully saturated rings. The molecular weight excluding hydrogens is 186 g/mol. The molecule has 1 heterocycles. The molecule has 0 saturated heterocycles. The molecule has 0 bridgehead atoms. The van der Waals surface area contributed by atoms with Crippen molar-refractivity contribution in [3.8, 4) is 0 Å². The van der Waals surface area contributed by atoms with Crippen LogP contribution in [0.3, 0.4) is 0 Å². The highest BCUT2D eigenvalue weighted by molar-refractivity contribution is 5.96. The molecule has 1 N–H and O–H groups in total. The Balaban J connectivity index is 2.24. The molecule has 2 atom stereocenters. The molecule has 1 aromatic rings. The smallest absolute Gasteiger partial charge is 0.228 e. The first kappa shape index (κ1) is 5.69. The predicted molar refractivity (Wildman–Crippen MR) is 59.8 cm³/mol. The van der Waals surface area contributed by atoms with Crippen LogP contribution in [0.25, 0.3) is 0 Å². The predicted octanol–water partition coefficient (Wildman–Crippen LogP) is 2.91. The third kappa shape index (κ3) is 1.36. The Labute approximate surface area is 95.3 Å². The van der Waals surface area contributed by atoms with Gasteiger partial charge in [0.15, 0.2) is 0 Å². The Morgan fingerprint density at radius 3 is 2.80 bits per heavy atom. The van der Waals surface area contributed by atoms with Crippen LogP contribution in [0, 0.1) is 5.92 Å². The normalized spacial score (nSPS) is 32.7. The number of rotatable bonds is 0. The molecule has 2 nitrogen and oxygen atoms in total. The molecular formula is C13H15NO. The molecule has 15 heavy (non-hydrogen) atoms. The third-order valence-electron chi connectivity index (χ3n) is 3.44. The Bertz CT molecular complexity index is 572. The summed E-state index contributed by atoms with van der Waals surface area (Å²) >= 11 is 0. The Kier molecular flexibility index (Phi) is 1.28. The van der Waals surface area contributed by atoms with Crippen molar-refractivity contribution in [2.75, 3.05) is 5.32 Å². The van der Waals surface area contributed by atoms with Gasteiger partial charge in [0.1, 0.15) is 0 Å². The first-order chi connectivity index (χ1) is 9.02. The summed E-state index contributed by atoms with van der Waals surface area (Å²) in [6.45, 7) is 0. The maximum Gasteiger partial charge on any atom is 0.228 e. The minimum absolute atomic E-state index is 0.00731. The van der Waals surface area contributed by atoms with Gasteiger partial charge in [0.2, 0.25) is 5.91 Å². The molecule has 0 radical (unpaired) electrons. The molecule has 2 aliphatic rings. The fourth-order valence-electron chi connectivity index (χ4n) is 2.70. The highest BCUT2D eigenvalue weighted by Gasteiger charge is 2.36. The van der Waals surface area contributed by atoms with E-state index in [9.17, 15) is 4.79 Å². The van der Waals surface area contributed by atoms with Crippen LogP contribution in [0.1, 0.15) is 42.6 Å². The van der Waals surface area contributed by atoms with Gasteiger partial charge >= 0.3 is 0 Å². The fraction of sp³-hybridized carbons (Fsp3) is 0.462. The minimum Gasteiger partial charge on any atom is -0.326 e. The van der Waals surface area contributed by atoms with Crippen LogP contribution in [0.4, 0.5) is 5.69 Å². The lowest BCUT2D eigenvalue weighted by atomic mass is 9.72. The molecule has 1 aliphatic carbocycles. The van der Waals surface area contributed by atoms with Gasteiger partial charge in [-0.15, -0.1) is 0 Å². The fourth-order valence-corrected chi connectivity index (χ4v) is 2.70. The van der Waals surface area contributed by atoms with E-state index in [0.717, 1.165) is 25.7 Å². The van der Waals surface area contributed by atoms with E-state index in [2.05, 4.69) is 5.32 Å². The monoisotopic (exact) mass is 205 g/mol. The molecule has 1 aliphatic heterocycles. The second-order valence-electron chi connectivity index (χ2n) is 4.28. The molecule has 2 heteroatoms. The van der Waals surface area contributed by atoms with Crippen molar-refractivity contribution in [3.05, 3.63) is 29.7 Å². The SMILES string of the molecule is [2H]c1c([2H])c([2H])c2c(c1[2H])NC(=O)[C@@H]1CCCC[C@@H]21. The van der Waals surface area contributed by atoms with Gasteiger partial charge in [-0.1, -0.05) is 31.0 Å². The van der Waals surface area contributed by atoms with Crippen molar-refractivity contribution in [1.82, 2.24) is 0 Å². The topological polar surface area (TPSA) is 29.1 Å². The van der Waals surface area contributed by atoms with Crippen LogP contribution in [0.5, 0.6) is 0 Å². The van der Waals surface area contributed by atoms with Crippen molar-refractivity contribution < 1.29 is 10.3 Å². The Hall–Kier alpha value is -1.31. The van der Waals surface area contributed by atoms with Crippen molar-refractivity contribution in [2.45, 2.75) is 31.6 Å². The Morgan fingerprint density at radius 2 is 1.93 bits per heavy atom. The van der Waals surface area contributed by atoms with Gasteiger partial charge in [-0.3, -0.25) is 4.79 Å². The van der Waals surface area contributed by atoms with Crippen molar-refractivity contribution in [3.63, 3.8) is 0 Å². The van der Waals surface area contributed by atoms with Gasteiger partial charge in [0, 0.05) is 11.6 Å². The zero-order valence-electron chi connectivity index (χ0n) is 12.4. The molecule has 0 aromatic heterocycles. The average Bonchev–Trinajstić information content (AvgIpc) is 2.43. The lowest BCUT2D eigenvalue weighted by Gasteiger charge is -2.36. The molecule has 0 unspecified atom stereocenters. The van der Waals surface area contributed by atoms with Gasteiger partial charge in [-0.25, -0.2) is 0 Å². The van der Waals surface area contributed by atoms with Crippen molar-refractivity contribution in [2.24, 2.45) is 5.92 Å². The number of benzene rings is 1. The van der Waals surface area contributed by atoms with Gasteiger partial charge in [-0.05, 0) is 30.4 Å². The molecule has 3 rings (SSSR count). The van der Waals surface area contributed by atoms with E-state index in [1.807, 2.05) is 0 Å². The van der Waals surface area contributed by atoms with E-state index in [1.54, 1.807) is 0 Å². The zero-order chi connectivity index (χ0) is 13.7. The summed E-state index contributed by atoms with van der Waals surface area (Å²) in [6.07, 6.45) is 3.65. The summed E-state index contributed by atoms with van der Waals surface area (Å²) in [4.78, 5) is 12.1. The van der Waals surface area contributed by atoms with Crippen molar-refractivity contribution >= 4 is 11.6 Å². The maximum atomic E-state index is 12.1. The van der Waals surface area contributed by atoms with Crippen LogP contribution >= 0.6 is 0 Å². The number of amides is 1. The number of carbonyl (C=O) groups is 1. The molecule has 1 aromatic carbocycles. The van der Waals surface area contributed by atoms with Gasteiger partial charge in [0.25, 0.3) is 0 Å². The summed E-state index contributed by atoms with van der Waals surface area (Å²) in [5.41, 5.74) is 0.898. The van der Waals surface area contributed by atoms with Crippen LogP contribution in [-0.4, -0.2) is 5.91 Å². The lowest BCUT2D eigenvalue weighted by molar-refractivity contribution is -0.121. The van der Waals surface area contributed by atoms with Gasteiger partial charge < -0.3 is 5.32 Å². The first-order valence-electron chi connectivity index (χ1n) is 7.43. The standard InChI is InChI=1S/C13H15NO/c15-13-11-7-2-1-5-9(11)10-6-3-4-8-12(10)14-13/h3-4,6,8-9,11H,1-2,5,7H2,(H,14,15)/t9-,11+/m0/s1/i3D,4D,6D,8D. The maximum absolute atomic E-state index is 12.1. The number of fused-ring (bicyclic) bond motifs is 3. The largest absolute Gasteiger partial charge is 0.326 e. The Morgan fingerprint density at radius 1 is 1.20 bits per heavy atom. The summed E-state index contributed by atoms with van der Waals surface area (Å²) < 4.78 is 31.4. The summed E-state index contributed by atoms with van der Waals surface area (Å²) in [7, 11) is 0. The van der Waals surface area contributed by atoms with Gasteiger partial charge in [-0.2, -0.15) is 0 Å². The summed E-state index contributed by atoms with van der Waals surface area (Å²) in [5, 5.41) is 2.69. The summed E-state index contributed by atoms with van der Waals surface area (Å²) in [5.74, 6) is -0.290. The van der Waals surface area contributed by atoms with Crippen LogP contribution in [0.2, 0.25) is 0 Å². The van der Waals surface area contributed by atoms with Crippen molar-refractivity contribution in [1.29, 1.82) is 0 Å². The highest BCUT2D eigenvalue weighted by Crippen LogP contribution is 2.44. The molecule has 0 spiro atoms. The highest BCUT2D eigenvalue weighted by atomic mass is 16.2.